The highest BCUT2D eigenvalue weighted by atomic mass is 16.7. The summed E-state index contributed by atoms with van der Waals surface area (Å²) in [5.74, 6) is -0.773. The van der Waals surface area contributed by atoms with Crippen LogP contribution in [0.4, 0.5) is 0 Å². The number of aliphatic hydroxyl groups excluding tert-OH is 4. The van der Waals surface area contributed by atoms with Gasteiger partial charge in [0.15, 0.2) is 0 Å². The molecule has 1 fully saturated rings. The molecule has 0 radical (unpaired) electrons. The average molecular weight is 370 g/mol. The number of benzene rings is 1. The molecule has 5 N–H and O–H groups in total. The van der Waals surface area contributed by atoms with Crippen LogP contribution in [0.1, 0.15) is 28.4 Å². The zero-order valence-electron chi connectivity index (χ0n) is 14.3. The number of phenols is 1. The van der Waals surface area contributed by atoms with E-state index in [1.54, 1.807) is 13.0 Å². The van der Waals surface area contributed by atoms with Crippen molar-refractivity contribution in [3.8, 4) is 11.5 Å². The average Bonchev–Trinajstić information content (AvgIpc) is 2.59. The van der Waals surface area contributed by atoms with Crippen LogP contribution in [-0.4, -0.2) is 74.9 Å². The third-order valence-electron chi connectivity index (χ3n) is 4.70. The quantitative estimate of drug-likeness (QED) is 0.422. The Morgan fingerprint density at radius 3 is 2.58 bits per heavy atom. The normalized spacial score (nSPS) is 34.2. The van der Waals surface area contributed by atoms with Crippen LogP contribution < -0.4 is 4.74 Å². The first-order valence-corrected chi connectivity index (χ1v) is 8.28. The molecule has 26 heavy (non-hydrogen) atoms. The van der Waals surface area contributed by atoms with Gasteiger partial charge in [-0.1, -0.05) is 0 Å². The third kappa shape index (κ3) is 3.12. The van der Waals surface area contributed by atoms with Crippen LogP contribution >= 0.6 is 0 Å². The van der Waals surface area contributed by atoms with Gasteiger partial charge in [-0.2, -0.15) is 0 Å². The summed E-state index contributed by atoms with van der Waals surface area (Å²) in [5.41, 5.74) is 0.824. The van der Waals surface area contributed by atoms with Crippen LogP contribution in [0.5, 0.6) is 11.5 Å². The highest BCUT2D eigenvalue weighted by Gasteiger charge is 2.45. The third-order valence-corrected chi connectivity index (χ3v) is 4.70. The molecule has 0 spiro atoms. The topological polar surface area (TPSA) is 146 Å². The molecular formula is C17H22O9. The Morgan fingerprint density at radius 1 is 1.23 bits per heavy atom. The number of fused-ring (bicyclic) bond motifs is 1. The van der Waals surface area contributed by atoms with E-state index in [1.165, 1.54) is 6.92 Å². The van der Waals surface area contributed by atoms with Crippen LogP contribution in [0.15, 0.2) is 6.07 Å². The Morgan fingerprint density at radius 2 is 1.92 bits per heavy atom. The number of carbonyl (C=O) groups is 1. The lowest BCUT2D eigenvalue weighted by Gasteiger charge is -2.39. The molecule has 6 atom stereocenters. The highest BCUT2D eigenvalue weighted by molar-refractivity contribution is 5.96. The fourth-order valence-corrected chi connectivity index (χ4v) is 3.19. The van der Waals surface area contributed by atoms with Gasteiger partial charge in [-0.15, -0.1) is 0 Å². The lowest BCUT2D eigenvalue weighted by atomic mass is 9.95. The molecule has 0 saturated carbocycles. The number of phenolic OH excluding ortho intramolecular Hbond substituents is 1. The van der Waals surface area contributed by atoms with E-state index >= 15 is 0 Å². The SMILES string of the molecule is Cc1c(O[C@@H]2O[C@H](CO)[C@@H](O)[C@H](O)[C@H]2O)cc2c(c1O)C(=O)O[C@@H](C)C2. The number of carbonyl (C=O) groups excluding carboxylic acids is 1. The van der Waals surface area contributed by atoms with Crippen molar-refractivity contribution in [3.63, 3.8) is 0 Å². The first-order valence-electron chi connectivity index (χ1n) is 8.28. The van der Waals surface area contributed by atoms with Gasteiger partial charge < -0.3 is 39.7 Å². The van der Waals surface area contributed by atoms with Crippen LogP contribution in [0.2, 0.25) is 0 Å². The molecule has 0 aromatic heterocycles. The number of rotatable bonds is 3. The molecule has 0 aliphatic carbocycles. The molecule has 9 heteroatoms. The van der Waals surface area contributed by atoms with E-state index < -0.39 is 43.3 Å². The molecule has 144 valence electrons. The summed E-state index contributed by atoms with van der Waals surface area (Å²) >= 11 is 0. The predicted octanol–water partition coefficient (Wildman–Crippen LogP) is -1.02. The summed E-state index contributed by atoms with van der Waals surface area (Å²) < 4.78 is 16.0. The van der Waals surface area contributed by atoms with Crippen LogP contribution in [0, 0.1) is 6.92 Å². The van der Waals surface area contributed by atoms with Crippen molar-refractivity contribution in [3.05, 3.63) is 22.8 Å². The Kier molecular flexibility index (Phi) is 5.09. The van der Waals surface area contributed by atoms with Crippen LogP contribution in [0.25, 0.3) is 0 Å². The minimum Gasteiger partial charge on any atom is -0.507 e. The summed E-state index contributed by atoms with van der Waals surface area (Å²) in [6, 6.07) is 1.54. The Labute approximate surface area is 149 Å². The molecule has 2 aliphatic rings. The van der Waals surface area contributed by atoms with Crippen molar-refractivity contribution in [1.29, 1.82) is 0 Å². The zero-order chi connectivity index (χ0) is 19.2. The van der Waals surface area contributed by atoms with E-state index in [1.807, 2.05) is 0 Å². The number of esters is 1. The largest absolute Gasteiger partial charge is 0.507 e. The monoisotopic (exact) mass is 370 g/mol. The van der Waals surface area contributed by atoms with Gasteiger partial charge in [-0.3, -0.25) is 0 Å². The summed E-state index contributed by atoms with van der Waals surface area (Å²) in [7, 11) is 0. The van der Waals surface area contributed by atoms with Gasteiger partial charge in [0.1, 0.15) is 47.6 Å². The van der Waals surface area contributed by atoms with E-state index in [-0.39, 0.29) is 28.7 Å². The lowest BCUT2D eigenvalue weighted by Crippen LogP contribution is -2.60. The van der Waals surface area contributed by atoms with Crippen molar-refractivity contribution in [1.82, 2.24) is 0 Å². The summed E-state index contributed by atoms with van der Waals surface area (Å²) in [5, 5.41) is 49.3. The van der Waals surface area contributed by atoms with Gasteiger partial charge in [0.25, 0.3) is 0 Å². The molecule has 0 bridgehead atoms. The number of aromatic hydroxyl groups is 1. The van der Waals surface area contributed by atoms with Crippen molar-refractivity contribution < 1.29 is 44.5 Å². The van der Waals surface area contributed by atoms with E-state index in [4.69, 9.17) is 14.2 Å². The summed E-state index contributed by atoms with van der Waals surface area (Å²) in [4.78, 5) is 12.0. The Balaban J connectivity index is 1.92. The first kappa shape index (κ1) is 18.9. The number of aliphatic hydroxyl groups is 4. The molecule has 1 aromatic rings. The molecule has 0 amide bonds. The van der Waals surface area contributed by atoms with Gasteiger partial charge in [0.2, 0.25) is 6.29 Å². The maximum atomic E-state index is 12.0. The number of cyclic esters (lactones) is 1. The van der Waals surface area contributed by atoms with Crippen molar-refractivity contribution in [2.75, 3.05) is 6.61 Å². The fourth-order valence-electron chi connectivity index (χ4n) is 3.19. The van der Waals surface area contributed by atoms with E-state index in [0.717, 1.165) is 0 Å². The maximum Gasteiger partial charge on any atom is 0.342 e. The number of hydrogen-bond acceptors (Lipinski definition) is 9. The minimum atomic E-state index is -1.58. The molecular weight excluding hydrogens is 348 g/mol. The lowest BCUT2D eigenvalue weighted by molar-refractivity contribution is -0.277. The van der Waals surface area contributed by atoms with Gasteiger partial charge >= 0.3 is 5.97 Å². The molecule has 1 saturated heterocycles. The van der Waals surface area contributed by atoms with E-state index in [0.29, 0.717) is 12.0 Å². The number of ether oxygens (including phenoxy) is 3. The smallest absolute Gasteiger partial charge is 0.342 e. The van der Waals surface area contributed by atoms with E-state index in [9.17, 15) is 30.3 Å². The molecule has 2 aliphatic heterocycles. The zero-order valence-corrected chi connectivity index (χ0v) is 14.3. The first-order chi connectivity index (χ1) is 12.2. The predicted molar refractivity (Wildman–Crippen MR) is 85.8 cm³/mol. The standard InChI is InChI=1S/C17H22O9/c1-6-3-8-4-9(7(2)12(19)11(8)16(23)24-6)25-17-15(22)14(21)13(20)10(5-18)26-17/h4,6,10,13-15,17-22H,3,5H2,1-2H3/t6-,10+,13+,14-,15+,17+/m0/s1. The molecule has 3 rings (SSSR count). The second kappa shape index (κ2) is 7.01. The van der Waals surface area contributed by atoms with Crippen molar-refractivity contribution >= 4 is 5.97 Å². The summed E-state index contributed by atoms with van der Waals surface area (Å²) in [6.07, 6.45) is -7.13. The van der Waals surface area contributed by atoms with Gasteiger partial charge in [-0.05, 0) is 25.5 Å². The fraction of sp³-hybridized carbons (Fsp3) is 0.588. The second-order valence-electron chi connectivity index (χ2n) is 6.62. The Bertz CT molecular complexity index is 702. The maximum absolute atomic E-state index is 12.0. The number of hydrogen-bond donors (Lipinski definition) is 5. The molecule has 1 aromatic carbocycles. The molecule has 2 heterocycles. The van der Waals surface area contributed by atoms with E-state index in [2.05, 4.69) is 0 Å². The second-order valence-corrected chi connectivity index (χ2v) is 6.62. The van der Waals surface area contributed by atoms with Gasteiger partial charge in [0, 0.05) is 12.0 Å². The van der Waals surface area contributed by atoms with Crippen LogP contribution in [0.3, 0.4) is 0 Å². The van der Waals surface area contributed by atoms with Gasteiger partial charge in [-0.25, -0.2) is 4.79 Å². The molecule has 0 unspecified atom stereocenters. The Hall–Kier alpha value is -1.91. The van der Waals surface area contributed by atoms with Crippen molar-refractivity contribution in [2.45, 2.75) is 57.1 Å². The minimum absolute atomic E-state index is 0.0711. The molecule has 9 nitrogen and oxygen atoms in total. The van der Waals surface area contributed by atoms with Crippen molar-refractivity contribution in [2.24, 2.45) is 0 Å². The van der Waals surface area contributed by atoms with Gasteiger partial charge in [0.05, 0.1) is 6.61 Å². The summed E-state index contributed by atoms with van der Waals surface area (Å²) in [6.45, 7) is 2.65. The highest BCUT2D eigenvalue weighted by Crippen LogP contribution is 2.38. The van der Waals surface area contributed by atoms with Crippen LogP contribution in [-0.2, 0) is 15.9 Å².